The highest BCUT2D eigenvalue weighted by molar-refractivity contribution is 6.09. The van der Waals surface area contributed by atoms with Crippen LogP contribution in [0.2, 0.25) is 0 Å². The van der Waals surface area contributed by atoms with E-state index in [2.05, 4.69) is 0 Å². The van der Waals surface area contributed by atoms with E-state index in [0.717, 1.165) is 17.7 Å². The zero-order chi connectivity index (χ0) is 14.3. The number of para-hydroxylation sites is 1. The van der Waals surface area contributed by atoms with Gasteiger partial charge in [-0.25, -0.2) is 0 Å². The zero-order valence-corrected chi connectivity index (χ0v) is 10.7. The maximum Gasteiger partial charge on any atom is 0.258 e. The van der Waals surface area contributed by atoms with E-state index in [0.29, 0.717) is 12.2 Å². The van der Waals surface area contributed by atoms with E-state index in [9.17, 15) is 15.0 Å². The lowest BCUT2D eigenvalue weighted by atomic mass is 10.1. The molecule has 0 aliphatic carbocycles. The maximum atomic E-state index is 12.5. The lowest BCUT2D eigenvalue weighted by Gasteiger charge is -2.19. The van der Waals surface area contributed by atoms with Gasteiger partial charge in [0.15, 0.2) is 0 Å². The Morgan fingerprint density at radius 2 is 1.85 bits per heavy atom. The molecule has 0 aromatic heterocycles. The fraction of sp³-hybridized carbons (Fsp3) is 0.133. The number of hydrogen-bond donors (Lipinski definition) is 3. The Morgan fingerprint density at radius 3 is 2.55 bits per heavy atom. The Morgan fingerprint density at radius 1 is 1.15 bits per heavy atom. The number of aromatic hydroxyl groups is 2. The summed E-state index contributed by atoms with van der Waals surface area (Å²) in [6, 6.07) is 9.41. The van der Waals surface area contributed by atoms with Crippen LogP contribution in [-0.2, 0) is 6.42 Å². The molecule has 0 unspecified atom stereocenters. The summed E-state index contributed by atoms with van der Waals surface area (Å²) in [6.07, 6.45) is 0.747. The Labute approximate surface area is 115 Å². The van der Waals surface area contributed by atoms with Crippen molar-refractivity contribution in [2.75, 3.05) is 17.2 Å². The molecule has 0 radical (unpaired) electrons. The quantitative estimate of drug-likeness (QED) is 0.690. The van der Waals surface area contributed by atoms with Gasteiger partial charge in [0.05, 0.1) is 11.4 Å². The number of benzene rings is 2. The molecule has 0 saturated carbocycles. The Bertz CT molecular complexity index is 677. The molecular formula is C15H14N2O3. The van der Waals surface area contributed by atoms with Crippen LogP contribution in [0.25, 0.3) is 0 Å². The lowest BCUT2D eigenvalue weighted by molar-refractivity contribution is 0.0988. The summed E-state index contributed by atoms with van der Waals surface area (Å²) in [4.78, 5) is 14.1. The van der Waals surface area contributed by atoms with Gasteiger partial charge in [0.2, 0.25) is 0 Å². The molecule has 3 rings (SSSR count). The first-order valence-corrected chi connectivity index (χ1v) is 6.28. The van der Waals surface area contributed by atoms with E-state index in [4.69, 9.17) is 5.73 Å². The molecule has 0 bridgehead atoms. The van der Waals surface area contributed by atoms with E-state index in [-0.39, 0.29) is 23.0 Å². The summed E-state index contributed by atoms with van der Waals surface area (Å²) in [5, 5.41) is 19.0. The number of hydrogen-bond acceptors (Lipinski definition) is 4. The number of nitrogens with zero attached hydrogens (tertiary/aromatic N) is 1. The predicted molar refractivity (Wildman–Crippen MR) is 76.0 cm³/mol. The highest BCUT2D eigenvalue weighted by Crippen LogP contribution is 2.35. The second kappa shape index (κ2) is 4.45. The number of rotatable bonds is 1. The lowest BCUT2D eigenvalue weighted by Crippen LogP contribution is -2.29. The summed E-state index contributed by atoms with van der Waals surface area (Å²) in [5.74, 6) is -0.574. The van der Waals surface area contributed by atoms with Crippen molar-refractivity contribution in [3.8, 4) is 11.5 Å². The molecule has 0 spiro atoms. The highest BCUT2D eigenvalue weighted by Gasteiger charge is 2.27. The van der Waals surface area contributed by atoms with Crippen molar-refractivity contribution in [2.24, 2.45) is 0 Å². The van der Waals surface area contributed by atoms with Gasteiger partial charge in [-0.2, -0.15) is 0 Å². The first-order valence-electron chi connectivity index (χ1n) is 6.28. The molecule has 0 fully saturated rings. The minimum absolute atomic E-state index is 0.145. The van der Waals surface area contributed by atoms with E-state index in [1.165, 1.54) is 18.2 Å². The number of anilines is 2. The normalized spacial score (nSPS) is 13.3. The maximum absolute atomic E-state index is 12.5. The molecule has 1 amide bonds. The van der Waals surface area contributed by atoms with E-state index in [1.54, 1.807) is 11.0 Å². The number of fused-ring (bicyclic) bond motifs is 1. The minimum Gasteiger partial charge on any atom is -0.508 e. The van der Waals surface area contributed by atoms with Gasteiger partial charge in [0.25, 0.3) is 5.91 Å². The fourth-order valence-electron chi connectivity index (χ4n) is 2.56. The minimum atomic E-state index is -0.284. The zero-order valence-electron chi connectivity index (χ0n) is 10.7. The molecule has 0 saturated heterocycles. The molecule has 1 heterocycles. The summed E-state index contributed by atoms with van der Waals surface area (Å²) < 4.78 is 0. The number of amides is 1. The molecule has 2 aromatic carbocycles. The third kappa shape index (κ3) is 1.93. The topological polar surface area (TPSA) is 86.8 Å². The third-order valence-corrected chi connectivity index (χ3v) is 3.42. The molecule has 1 aliphatic heterocycles. The van der Waals surface area contributed by atoms with E-state index < -0.39 is 0 Å². The van der Waals surface area contributed by atoms with Crippen LogP contribution in [0.15, 0.2) is 36.4 Å². The summed E-state index contributed by atoms with van der Waals surface area (Å²) >= 11 is 0. The van der Waals surface area contributed by atoms with Gasteiger partial charge >= 0.3 is 0 Å². The van der Waals surface area contributed by atoms with Crippen LogP contribution >= 0.6 is 0 Å². The third-order valence-electron chi connectivity index (χ3n) is 3.42. The van der Waals surface area contributed by atoms with E-state index >= 15 is 0 Å². The summed E-state index contributed by atoms with van der Waals surface area (Å²) in [6.45, 7) is 0.540. The number of nitrogens with two attached hydrogens (primary N) is 1. The van der Waals surface area contributed by atoms with Crippen LogP contribution in [0.5, 0.6) is 11.5 Å². The number of phenols is 2. The van der Waals surface area contributed by atoms with Crippen LogP contribution in [-0.4, -0.2) is 22.7 Å². The van der Waals surface area contributed by atoms with Crippen molar-refractivity contribution >= 4 is 17.3 Å². The standard InChI is InChI=1S/C15H14N2O3/c16-13-3-1-2-9-4-5-17(14(9)13)15(20)10-6-11(18)8-12(19)7-10/h1-3,6-8,18-19H,4-5,16H2. The molecule has 5 nitrogen and oxygen atoms in total. The van der Waals surface area contributed by atoms with Crippen molar-refractivity contribution in [3.05, 3.63) is 47.5 Å². The van der Waals surface area contributed by atoms with Gasteiger partial charge in [0, 0.05) is 18.2 Å². The van der Waals surface area contributed by atoms with Crippen LogP contribution in [0, 0.1) is 0 Å². The molecule has 1 aliphatic rings. The number of carbonyl (C=O) groups excluding carboxylic acids is 1. The monoisotopic (exact) mass is 270 g/mol. The number of phenolic OH excluding ortho intramolecular Hbond substituents is 2. The van der Waals surface area contributed by atoms with E-state index in [1.807, 2.05) is 12.1 Å². The van der Waals surface area contributed by atoms with Gasteiger partial charge in [-0.05, 0) is 30.2 Å². The number of nitrogen functional groups attached to an aromatic ring is 1. The summed E-state index contributed by atoms with van der Waals surface area (Å²) in [7, 11) is 0. The molecular weight excluding hydrogens is 256 g/mol. The fourth-order valence-corrected chi connectivity index (χ4v) is 2.56. The average molecular weight is 270 g/mol. The molecule has 102 valence electrons. The second-order valence-electron chi connectivity index (χ2n) is 4.80. The van der Waals surface area contributed by atoms with Crippen LogP contribution in [0.1, 0.15) is 15.9 Å². The van der Waals surface area contributed by atoms with Gasteiger partial charge in [-0.3, -0.25) is 4.79 Å². The SMILES string of the molecule is Nc1cccc2c1N(C(=O)c1cc(O)cc(O)c1)CC2. The van der Waals surface area contributed by atoms with Gasteiger partial charge < -0.3 is 20.8 Å². The Balaban J connectivity index is 2.02. The largest absolute Gasteiger partial charge is 0.508 e. The van der Waals surface area contributed by atoms with Crippen molar-refractivity contribution in [1.29, 1.82) is 0 Å². The van der Waals surface area contributed by atoms with Crippen LogP contribution in [0.3, 0.4) is 0 Å². The smallest absolute Gasteiger partial charge is 0.258 e. The molecule has 5 heteroatoms. The van der Waals surface area contributed by atoms with Crippen LogP contribution < -0.4 is 10.6 Å². The Kier molecular flexibility index (Phi) is 2.75. The second-order valence-corrected chi connectivity index (χ2v) is 4.80. The highest BCUT2D eigenvalue weighted by atomic mass is 16.3. The summed E-state index contributed by atoms with van der Waals surface area (Å²) in [5.41, 5.74) is 8.49. The van der Waals surface area contributed by atoms with Gasteiger partial charge in [0.1, 0.15) is 11.5 Å². The van der Waals surface area contributed by atoms with Gasteiger partial charge in [-0.15, -0.1) is 0 Å². The van der Waals surface area contributed by atoms with Crippen molar-refractivity contribution in [1.82, 2.24) is 0 Å². The first kappa shape index (κ1) is 12.3. The molecule has 20 heavy (non-hydrogen) atoms. The number of carbonyl (C=O) groups is 1. The first-order chi connectivity index (χ1) is 9.56. The van der Waals surface area contributed by atoms with Crippen molar-refractivity contribution < 1.29 is 15.0 Å². The predicted octanol–water partition coefficient (Wildman–Crippen LogP) is 1.88. The van der Waals surface area contributed by atoms with Crippen molar-refractivity contribution in [3.63, 3.8) is 0 Å². The van der Waals surface area contributed by atoms with Gasteiger partial charge in [-0.1, -0.05) is 12.1 Å². The van der Waals surface area contributed by atoms with Crippen molar-refractivity contribution in [2.45, 2.75) is 6.42 Å². The average Bonchev–Trinajstić information content (AvgIpc) is 2.82. The molecule has 2 aromatic rings. The molecule has 0 atom stereocenters. The van der Waals surface area contributed by atoms with Crippen LogP contribution in [0.4, 0.5) is 11.4 Å². The molecule has 4 N–H and O–H groups in total. The Hall–Kier alpha value is -2.69.